The lowest BCUT2D eigenvalue weighted by atomic mass is 10.3. The first-order chi connectivity index (χ1) is 9.60. The number of rotatable bonds is 5. The van der Waals surface area contributed by atoms with Gasteiger partial charge in [-0.1, -0.05) is 22.9 Å². The van der Waals surface area contributed by atoms with E-state index in [1.54, 1.807) is 6.07 Å². The van der Waals surface area contributed by atoms with Gasteiger partial charge < -0.3 is 15.2 Å². The molecule has 0 aliphatic heterocycles. The monoisotopic (exact) mass is 341 g/mol. The van der Waals surface area contributed by atoms with Crippen LogP contribution in [0, 0.1) is 5.82 Å². The fourth-order valence-corrected chi connectivity index (χ4v) is 1.90. The molecule has 2 aromatic rings. The van der Waals surface area contributed by atoms with Crippen LogP contribution in [0.1, 0.15) is 13.3 Å². The number of nitrogens with two attached hydrogens (primary N) is 1. The third-order valence-corrected chi connectivity index (χ3v) is 2.76. The summed E-state index contributed by atoms with van der Waals surface area (Å²) in [5.74, 6) is 0.240. The molecule has 2 N–H and O–H groups in total. The number of anilines is 1. The minimum atomic E-state index is -0.426. The van der Waals surface area contributed by atoms with Gasteiger partial charge in [0.15, 0.2) is 5.69 Å². The molecule has 20 heavy (non-hydrogen) atoms. The summed E-state index contributed by atoms with van der Waals surface area (Å²) < 4.78 is 24.7. The lowest BCUT2D eigenvalue weighted by molar-refractivity contribution is 0.304. The number of nitrogen functional groups attached to an aromatic ring is 1. The average molecular weight is 342 g/mol. The van der Waals surface area contributed by atoms with Crippen molar-refractivity contribution in [2.45, 2.75) is 13.3 Å². The second-order valence-electron chi connectivity index (χ2n) is 3.95. The third kappa shape index (κ3) is 3.57. The van der Waals surface area contributed by atoms with E-state index >= 15 is 0 Å². The van der Waals surface area contributed by atoms with Crippen LogP contribution in [-0.2, 0) is 0 Å². The molecule has 0 amide bonds. The van der Waals surface area contributed by atoms with Gasteiger partial charge in [-0.15, -0.1) is 0 Å². The van der Waals surface area contributed by atoms with E-state index in [0.717, 1.165) is 6.42 Å². The van der Waals surface area contributed by atoms with Crippen LogP contribution in [-0.4, -0.2) is 16.6 Å². The number of hydrogen-bond acceptors (Lipinski definition) is 5. The maximum Gasteiger partial charge on any atom is 0.249 e. The predicted octanol–water partition coefficient (Wildman–Crippen LogP) is 3.54. The highest BCUT2D eigenvalue weighted by Crippen LogP contribution is 2.32. The number of hydrogen-bond donors (Lipinski definition) is 1. The van der Waals surface area contributed by atoms with Crippen LogP contribution in [0.15, 0.2) is 29.0 Å². The van der Waals surface area contributed by atoms with Crippen molar-refractivity contribution in [1.29, 1.82) is 0 Å². The lowest BCUT2D eigenvalue weighted by Gasteiger charge is -2.10. The zero-order valence-corrected chi connectivity index (χ0v) is 12.4. The topological polar surface area (TPSA) is 70.3 Å². The second-order valence-corrected chi connectivity index (χ2v) is 4.87. The highest BCUT2D eigenvalue weighted by Gasteiger charge is 2.12. The fraction of sp³-hybridized carbons (Fsp3) is 0.231. The van der Waals surface area contributed by atoms with Crippen LogP contribution in [0.3, 0.4) is 0 Å². The van der Waals surface area contributed by atoms with Crippen molar-refractivity contribution in [2.24, 2.45) is 0 Å². The molecule has 1 aromatic heterocycles. The van der Waals surface area contributed by atoms with Crippen LogP contribution in [0.5, 0.6) is 17.5 Å². The van der Waals surface area contributed by atoms with Crippen molar-refractivity contribution < 1.29 is 13.9 Å². The zero-order chi connectivity index (χ0) is 14.5. The first-order valence-corrected chi connectivity index (χ1v) is 6.76. The van der Waals surface area contributed by atoms with Gasteiger partial charge in [-0.25, -0.2) is 4.39 Å². The molecular formula is C13H13BrFN3O2. The first-order valence-electron chi connectivity index (χ1n) is 5.97. The highest BCUT2D eigenvalue weighted by molar-refractivity contribution is 9.10. The van der Waals surface area contributed by atoms with Crippen molar-refractivity contribution in [2.75, 3.05) is 12.3 Å². The predicted molar refractivity (Wildman–Crippen MR) is 76.4 cm³/mol. The summed E-state index contributed by atoms with van der Waals surface area (Å²) >= 11 is 3.18. The van der Waals surface area contributed by atoms with E-state index in [0.29, 0.717) is 11.1 Å². The van der Waals surface area contributed by atoms with Crippen LogP contribution < -0.4 is 15.2 Å². The minimum Gasteiger partial charge on any atom is -0.476 e. The molecule has 0 spiro atoms. The molecule has 106 valence electrons. The third-order valence-electron chi connectivity index (χ3n) is 2.30. The van der Waals surface area contributed by atoms with Gasteiger partial charge in [-0.05, 0) is 18.6 Å². The van der Waals surface area contributed by atoms with Crippen molar-refractivity contribution >= 4 is 21.6 Å². The molecule has 5 nitrogen and oxygen atoms in total. The Labute approximate surface area is 124 Å². The van der Waals surface area contributed by atoms with Gasteiger partial charge in [0.2, 0.25) is 11.8 Å². The number of aromatic nitrogens is 2. The number of nitrogens with zero attached hydrogens (tertiary/aromatic N) is 2. The Hall–Kier alpha value is -1.89. The van der Waals surface area contributed by atoms with Gasteiger partial charge in [-0.2, -0.15) is 9.97 Å². The number of benzene rings is 1. The molecule has 0 atom stereocenters. The molecule has 0 saturated carbocycles. The Balaban J connectivity index is 2.24. The Kier molecular flexibility index (Phi) is 4.73. The Bertz CT molecular complexity index is 590. The molecule has 0 saturated heterocycles. The standard InChI is InChI=1S/C13H13BrFN3O2/c1-2-3-19-12-11(16)13(18-7-17-12)20-10-5-8(14)4-9(15)6-10/h4-7H,2-3,16H2,1H3. The van der Waals surface area contributed by atoms with Gasteiger partial charge in [0.05, 0.1) is 6.61 Å². The van der Waals surface area contributed by atoms with Crippen molar-refractivity contribution in [3.05, 3.63) is 34.8 Å². The summed E-state index contributed by atoms with van der Waals surface area (Å²) in [6.07, 6.45) is 2.11. The number of ether oxygens (including phenoxy) is 2. The van der Waals surface area contributed by atoms with E-state index in [-0.39, 0.29) is 23.2 Å². The van der Waals surface area contributed by atoms with Gasteiger partial charge in [-0.3, -0.25) is 0 Å². The van der Waals surface area contributed by atoms with E-state index in [2.05, 4.69) is 25.9 Å². The van der Waals surface area contributed by atoms with Crippen LogP contribution in [0.2, 0.25) is 0 Å². The Morgan fingerprint density at radius 1 is 1.25 bits per heavy atom. The minimum absolute atomic E-state index is 0.128. The summed E-state index contributed by atoms with van der Waals surface area (Å²) in [6, 6.07) is 4.17. The molecule has 0 fully saturated rings. The van der Waals surface area contributed by atoms with E-state index in [9.17, 15) is 4.39 Å². The Morgan fingerprint density at radius 2 is 2.00 bits per heavy atom. The second kappa shape index (κ2) is 6.51. The highest BCUT2D eigenvalue weighted by atomic mass is 79.9. The molecule has 0 radical (unpaired) electrons. The quantitative estimate of drug-likeness (QED) is 0.900. The molecule has 0 aliphatic rings. The molecular weight excluding hydrogens is 329 g/mol. The van der Waals surface area contributed by atoms with Crippen LogP contribution >= 0.6 is 15.9 Å². The SMILES string of the molecule is CCCOc1ncnc(Oc2cc(F)cc(Br)c2)c1N. The van der Waals surface area contributed by atoms with Crippen LogP contribution in [0.25, 0.3) is 0 Å². The van der Waals surface area contributed by atoms with E-state index in [1.807, 2.05) is 6.92 Å². The summed E-state index contributed by atoms with van der Waals surface area (Å²) in [6.45, 7) is 2.46. The number of halogens is 2. The largest absolute Gasteiger partial charge is 0.476 e. The van der Waals surface area contributed by atoms with Gasteiger partial charge in [0, 0.05) is 10.5 Å². The van der Waals surface area contributed by atoms with E-state index in [1.165, 1.54) is 18.5 Å². The molecule has 0 bridgehead atoms. The molecule has 1 heterocycles. The van der Waals surface area contributed by atoms with Gasteiger partial charge >= 0.3 is 0 Å². The summed E-state index contributed by atoms with van der Waals surface area (Å²) in [7, 11) is 0. The maximum absolute atomic E-state index is 13.3. The molecule has 2 rings (SSSR count). The molecule has 7 heteroatoms. The van der Waals surface area contributed by atoms with Crippen molar-refractivity contribution in [3.63, 3.8) is 0 Å². The Morgan fingerprint density at radius 3 is 2.70 bits per heavy atom. The maximum atomic E-state index is 13.3. The van der Waals surface area contributed by atoms with E-state index < -0.39 is 5.82 Å². The lowest BCUT2D eigenvalue weighted by Crippen LogP contribution is -2.04. The summed E-state index contributed by atoms with van der Waals surface area (Å²) in [5, 5.41) is 0. The normalized spacial score (nSPS) is 10.3. The van der Waals surface area contributed by atoms with E-state index in [4.69, 9.17) is 15.2 Å². The van der Waals surface area contributed by atoms with Crippen molar-refractivity contribution in [3.8, 4) is 17.5 Å². The average Bonchev–Trinajstić information content (AvgIpc) is 2.38. The van der Waals surface area contributed by atoms with Crippen molar-refractivity contribution in [1.82, 2.24) is 9.97 Å². The summed E-state index contributed by atoms with van der Waals surface area (Å²) in [4.78, 5) is 7.86. The molecule has 0 aliphatic carbocycles. The smallest absolute Gasteiger partial charge is 0.249 e. The van der Waals surface area contributed by atoms with Crippen LogP contribution in [0.4, 0.5) is 10.1 Å². The summed E-state index contributed by atoms with van der Waals surface area (Å²) in [5.41, 5.74) is 6.05. The molecule has 1 aromatic carbocycles. The van der Waals surface area contributed by atoms with Gasteiger partial charge in [0.1, 0.15) is 17.9 Å². The first kappa shape index (κ1) is 14.5. The van der Waals surface area contributed by atoms with Gasteiger partial charge in [0.25, 0.3) is 0 Å². The fourth-order valence-electron chi connectivity index (χ4n) is 1.46. The molecule has 0 unspecified atom stereocenters. The zero-order valence-electron chi connectivity index (χ0n) is 10.8.